The van der Waals surface area contributed by atoms with Gasteiger partial charge in [0.15, 0.2) is 0 Å². The maximum absolute atomic E-state index is 11.9. The molecule has 1 aromatic heterocycles. The molecule has 0 aliphatic heterocycles. The van der Waals surface area contributed by atoms with Gasteiger partial charge in [-0.05, 0) is 23.8 Å². The van der Waals surface area contributed by atoms with Crippen LogP contribution in [-0.2, 0) is 13.6 Å². The Morgan fingerprint density at radius 3 is 2.75 bits per heavy atom. The summed E-state index contributed by atoms with van der Waals surface area (Å²) in [6.07, 6.45) is 3.44. The lowest BCUT2D eigenvalue weighted by molar-refractivity contribution is 0.350. The minimum atomic E-state index is -0.198. The third-order valence-corrected chi connectivity index (χ3v) is 2.97. The molecule has 1 N–H and O–H groups in total. The number of hydrogen-bond donors (Lipinski definition) is 1. The van der Waals surface area contributed by atoms with E-state index in [0.29, 0.717) is 12.3 Å². The highest BCUT2D eigenvalue weighted by Crippen LogP contribution is 2.18. The van der Waals surface area contributed by atoms with Gasteiger partial charge < -0.3 is 14.4 Å². The average molecular weight is 272 g/mol. The quantitative estimate of drug-likeness (QED) is 0.832. The molecule has 0 radical (unpaired) electrons. The van der Waals surface area contributed by atoms with Gasteiger partial charge in [-0.1, -0.05) is 11.8 Å². The Bertz CT molecular complexity index is 717. The van der Waals surface area contributed by atoms with E-state index in [1.54, 1.807) is 37.2 Å². The predicted molar refractivity (Wildman–Crippen MR) is 75.7 cm³/mol. The number of aromatic nitrogens is 2. The van der Waals surface area contributed by atoms with E-state index in [1.807, 2.05) is 12.1 Å². The average Bonchev–Trinajstić information content (AvgIpc) is 2.78. The molecule has 0 atom stereocenters. The molecule has 0 aliphatic rings. The summed E-state index contributed by atoms with van der Waals surface area (Å²) in [5.74, 6) is 6.21. The molecule has 0 saturated heterocycles. The molecule has 0 bridgehead atoms. The number of hydrogen-bond acceptors (Lipinski definition) is 3. The number of aliphatic hydroxyl groups excluding tert-OH is 1. The van der Waals surface area contributed by atoms with E-state index in [2.05, 4.69) is 11.8 Å². The first kappa shape index (κ1) is 14.0. The van der Waals surface area contributed by atoms with Crippen molar-refractivity contribution in [3.63, 3.8) is 0 Å². The molecule has 0 aliphatic carbocycles. The molecule has 0 saturated carbocycles. The second-order valence-corrected chi connectivity index (χ2v) is 4.30. The zero-order valence-corrected chi connectivity index (χ0v) is 11.5. The maximum Gasteiger partial charge on any atom is 0.328 e. The smallest absolute Gasteiger partial charge is 0.328 e. The van der Waals surface area contributed by atoms with Crippen molar-refractivity contribution in [2.24, 2.45) is 7.05 Å². The summed E-state index contributed by atoms with van der Waals surface area (Å²) in [5.41, 5.74) is 1.56. The first-order valence-corrected chi connectivity index (χ1v) is 6.14. The summed E-state index contributed by atoms with van der Waals surface area (Å²) in [7, 11) is 3.30. The minimum Gasteiger partial charge on any atom is -0.497 e. The van der Waals surface area contributed by atoms with E-state index < -0.39 is 0 Å². The van der Waals surface area contributed by atoms with Crippen LogP contribution in [0.1, 0.15) is 11.1 Å². The van der Waals surface area contributed by atoms with Crippen molar-refractivity contribution >= 4 is 0 Å². The van der Waals surface area contributed by atoms with Crippen molar-refractivity contribution in [1.29, 1.82) is 0 Å². The summed E-state index contributed by atoms with van der Waals surface area (Å²) < 4.78 is 8.31. The van der Waals surface area contributed by atoms with Gasteiger partial charge in [-0.15, -0.1) is 0 Å². The van der Waals surface area contributed by atoms with Crippen LogP contribution in [-0.4, -0.2) is 28.0 Å². The van der Waals surface area contributed by atoms with Gasteiger partial charge in [0.05, 0.1) is 13.7 Å². The molecule has 1 aromatic carbocycles. The van der Waals surface area contributed by atoms with Crippen LogP contribution in [0.4, 0.5) is 0 Å². The Kier molecular flexibility index (Phi) is 4.28. The van der Waals surface area contributed by atoms with Gasteiger partial charge in [0.25, 0.3) is 0 Å². The lowest BCUT2D eigenvalue weighted by Crippen LogP contribution is -2.22. The molecular formula is C15H16N2O3. The molecule has 20 heavy (non-hydrogen) atoms. The van der Waals surface area contributed by atoms with Gasteiger partial charge in [-0.25, -0.2) is 4.79 Å². The van der Waals surface area contributed by atoms with Crippen molar-refractivity contribution in [3.05, 3.63) is 52.2 Å². The summed E-state index contributed by atoms with van der Waals surface area (Å²) in [5, 5.41) is 8.80. The van der Waals surface area contributed by atoms with E-state index in [1.165, 1.54) is 4.57 Å². The maximum atomic E-state index is 11.9. The van der Waals surface area contributed by atoms with Crippen molar-refractivity contribution in [2.75, 3.05) is 13.7 Å². The summed E-state index contributed by atoms with van der Waals surface area (Å²) in [6.45, 7) is 0.211. The highest BCUT2D eigenvalue weighted by molar-refractivity contribution is 5.45. The second-order valence-electron chi connectivity index (χ2n) is 4.30. The first-order valence-electron chi connectivity index (χ1n) is 6.14. The van der Waals surface area contributed by atoms with Gasteiger partial charge in [-0.2, -0.15) is 0 Å². The van der Waals surface area contributed by atoms with Crippen LogP contribution in [0.5, 0.6) is 5.75 Å². The molecular weight excluding hydrogens is 256 g/mol. The molecule has 5 nitrogen and oxygen atoms in total. The third kappa shape index (κ3) is 2.92. The number of imidazole rings is 1. The Morgan fingerprint density at radius 1 is 1.35 bits per heavy atom. The van der Waals surface area contributed by atoms with Crippen LogP contribution in [0.25, 0.3) is 0 Å². The fourth-order valence-corrected chi connectivity index (χ4v) is 1.90. The van der Waals surface area contributed by atoms with Gasteiger partial charge >= 0.3 is 5.69 Å². The number of ether oxygens (including phenoxy) is 1. The topological polar surface area (TPSA) is 56.4 Å². The molecule has 1 heterocycles. The second kappa shape index (κ2) is 6.13. The van der Waals surface area contributed by atoms with Crippen molar-refractivity contribution in [3.8, 4) is 17.6 Å². The Morgan fingerprint density at radius 2 is 2.15 bits per heavy atom. The van der Waals surface area contributed by atoms with Crippen LogP contribution in [0, 0.1) is 11.8 Å². The van der Waals surface area contributed by atoms with E-state index in [0.717, 1.165) is 11.1 Å². The Balaban J connectivity index is 2.42. The standard InChI is InChI=1S/C15H16N2O3/c1-16-7-8-17(15(16)19)11-13-10-14(20-2)6-5-12(13)4-3-9-18/h5-8,10,18H,9,11H2,1-2H3. The number of methoxy groups -OCH3 is 1. The molecule has 5 heteroatoms. The fourth-order valence-electron chi connectivity index (χ4n) is 1.90. The van der Waals surface area contributed by atoms with E-state index in [4.69, 9.17) is 9.84 Å². The summed E-state index contributed by atoms with van der Waals surface area (Å²) >= 11 is 0. The number of aryl methyl sites for hydroxylation is 1. The van der Waals surface area contributed by atoms with Crippen LogP contribution >= 0.6 is 0 Å². The van der Waals surface area contributed by atoms with Gasteiger partial charge in [0.1, 0.15) is 12.4 Å². The molecule has 104 valence electrons. The van der Waals surface area contributed by atoms with Crippen LogP contribution < -0.4 is 10.4 Å². The zero-order chi connectivity index (χ0) is 14.5. The molecule has 2 rings (SSSR count). The largest absolute Gasteiger partial charge is 0.497 e. The molecule has 0 spiro atoms. The lowest BCUT2D eigenvalue weighted by atomic mass is 10.1. The lowest BCUT2D eigenvalue weighted by Gasteiger charge is -2.08. The van der Waals surface area contributed by atoms with Gasteiger partial charge in [0, 0.05) is 25.0 Å². The molecule has 0 amide bonds. The monoisotopic (exact) mass is 272 g/mol. The Labute approximate surface area is 117 Å². The number of rotatable bonds is 3. The van der Waals surface area contributed by atoms with Crippen LogP contribution in [0.2, 0.25) is 0 Å². The molecule has 0 fully saturated rings. The van der Waals surface area contributed by atoms with E-state index in [-0.39, 0.29) is 12.3 Å². The van der Waals surface area contributed by atoms with Crippen molar-refractivity contribution in [2.45, 2.75) is 6.54 Å². The van der Waals surface area contributed by atoms with E-state index in [9.17, 15) is 4.79 Å². The number of aliphatic hydroxyl groups is 1. The summed E-state index contributed by atoms with van der Waals surface area (Å²) in [4.78, 5) is 11.9. The molecule has 0 unspecified atom stereocenters. The normalized spacial score (nSPS) is 9.95. The zero-order valence-electron chi connectivity index (χ0n) is 11.5. The van der Waals surface area contributed by atoms with Crippen molar-refractivity contribution < 1.29 is 9.84 Å². The van der Waals surface area contributed by atoms with Gasteiger partial charge in [-0.3, -0.25) is 4.57 Å². The summed E-state index contributed by atoms with van der Waals surface area (Å²) in [6, 6.07) is 5.48. The minimum absolute atomic E-state index is 0.0890. The highest BCUT2D eigenvalue weighted by Gasteiger charge is 2.06. The van der Waals surface area contributed by atoms with Crippen molar-refractivity contribution in [1.82, 2.24) is 9.13 Å². The third-order valence-electron chi connectivity index (χ3n) is 2.97. The molecule has 2 aromatic rings. The predicted octanol–water partition coefficient (Wildman–Crippen LogP) is 0.587. The van der Waals surface area contributed by atoms with Crippen LogP contribution in [0.3, 0.4) is 0 Å². The van der Waals surface area contributed by atoms with Gasteiger partial charge in [0.2, 0.25) is 0 Å². The fraction of sp³-hybridized carbons (Fsp3) is 0.267. The number of nitrogens with zero attached hydrogens (tertiary/aromatic N) is 2. The first-order chi connectivity index (χ1) is 9.65. The Hall–Kier alpha value is -2.45. The highest BCUT2D eigenvalue weighted by atomic mass is 16.5. The van der Waals surface area contributed by atoms with E-state index >= 15 is 0 Å². The number of benzene rings is 1. The SMILES string of the molecule is COc1ccc(C#CCO)c(Cn2ccn(C)c2=O)c1. The van der Waals surface area contributed by atoms with Crippen LogP contribution in [0.15, 0.2) is 35.4 Å².